The van der Waals surface area contributed by atoms with Crippen LogP contribution in [0.15, 0.2) is 46.7 Å². The number of likely N-dealkylation sites (tertiary alicyclic amines) is 1. The van der Waals surface area contributed by atoms with Gasteiger partial charge in [0, 0.05) is 11.8 Å². The number of hydrogen-bond acceptors (Lipinski definition) is 6. The summed E-state index contributed by atoms with van der Waals surface area (Å²) in [4.78, 5) is 16.2. The second-order valence-electron chi connectivity index (χ2n) is 8.57. The number of ether oxygens (including phenoxy) is 2. The number of rotatable bonds is 5. The minimum Gasteiger partial charge on any atom is -0.500 e. The maximum Gasteiger partial charge on any atom is 0.265 e. The Labute approximate surface area is 169 Å². The van der Waals surface area contributed by atoms with Gasteiger partial charge in [-0.3, -0.25) is 9.69 Å². The van der Waals surface area contributed by atoms with Crippen LogP contribution in [0.1, 0.15) is 47.0 Å². The predicted octanol–water partition coefficient (Wildman–Crippen LogP) is 3.75. The summed E-state index contributed by atoms with van der Waals surface area (Å²) in [5.41, 5.74) is 1.01. The molecule has 3 aliphatic carbocycles. The number of fused-ring (bicyclic) bond motifs is 1. The van der Waals surface area contributed by atoms with Crippen molar-refractivity contribution in [2.75, 3.05) is 20.2 Å². The number of hydrogen-bond donors (Lipinski definition) is 0. The van der Waals surface area contributed by atoms with Gasteiger partial charge in [-0.15, -0.1) is 0 Å². The van der Waals surface area contributed by atoms with Crippen molar-refractivity contribution in [1.29, 1.82) is 0 Å². The Balaban J connectivity index is 1.40. The van der Waals surface area contributed by atoms with Crippen molar-refractivity contribution in [3.05, 3.63) is 59.1 Å². The summed E-state index contributed by atoms with van der Waals surface area (Å²) in [6, 6.07) is 9.97. The van der Waals surface area contributed by atoms with Gasteiger partial charge >= 0.3 is 0 Å². The zero-order valence-corrected chi connectivity index (χ0v) is 16.5. The third-order valence-electron chi connectivity index (χ3n) is 7.35. The van der Waals surface area contributed by atoms with Crippen LogP contribution in [0.3, 0.4) is 0 Å². The fraction of sp³-hybridized carbons (Fsp3) is 0.478. The maximum absolute atomic E-state index is 13.8. The summed E-state index contributed by atoms with van der Waals surface area (Å²) >= 11 is 0. The van der Waals surface area contributed by atoms with Gasteiger partial charge < -0.3 is 14.0 Å². The van der Waals surface area contributed by atoms with E-state index in [1.54, 1.807) is 7.11 Å². The van der Waals surface area contributed by atoms with E-state index in [9.17, 15) is 4.79 Å². The van der Waals surface area contributed by atoms with Crippen molar-refractivity contribution in [2.45, 2.75) is 31.9 Å². The van der Waals surface area contributed by atoms with E-state index in [4.69, 9.17) is 14.0 Å². The van der Waals surface area contributed by atoms with Gasteiger partial charge in [0.2, 0.25) is 0 Å². The minimum absolute atomic E-state index is 0.0628. The van der Waals surface area contributed by atoms with Crippen LogP contribution >= 0.6 is 0 Å². The van der Waals surface area contributed by atoms with Crippen LogP contribution in [0, 0.1) is 17.3 Å². The number of benzene rings is 1. The number of nitrogens with zero attached hydrogens (tertiary/aromatic N) is 2. The van der Waals surface area contributed by atoms with Crippen molar-refractivity contribution >= 4 is 5.78 Å². The number of carbonyl (C=O) groups excluding carboxylic acids is 1. The molecule has 0 bridgehead atoms. The molecular weight excluding hydrogens is 368 g/mol. The molecule has 6 rings (SSSR count). The number of methoxy groups -OCH3 is 1. The highest BCUT2D eigenvalue weighted by atomic mass is 16.5. The minimum atomic E-state index is -0.550. The molecule has 0 radical (unpaired) electrons. The van der Waals surface area contributed by atoms with E-state index in [-0.39, 0.29) is 23.7 Å². The fourth-order valence-corrected chi connectivity index (χ4v) is 5.96. The van der Waals surface area contributed by atoms with Crippen LogP contribution in [0.25, 0.3) is 0 Å². The van der Waals surface area contributed by atoms with Crippen LogP contribution in [0.4, 0.5) is 0 Å². The molecule has 1 saturated heterocycles. The molecule has 4 atom stereocenters. The van der Waals surface area contributed by atoms with Gasteiger partial charge in [-0.1, -0.05) is 30.3 Å². The molecule has 1 saturated carbocycles. The number of allylic oxidation sites excluding steroid dienone is 2. The first-order chi connectivity index (χ1) is 14.2. The molecule has 2 heterocycles. The van der Waals surface area contributed by atoms with Crippen LogP contribution in [0.5, 0.6) is 5.88 Å². The Hall–Kier alpha value is -2.60. The lowest BCUT2D eigenvalue weighted by Crippen LogP contribution is -2.66. The van der Waals surface area contributed by atoms with E-state index >= 15 is 0 Å². The smallest absolute Gasteiger partial charge is 0.265 e. The lowest BCUT2D eigenvalue weighted by molar-refractivity contribution is -0.0931. The average Bonchev–Trinajstić information content (AvgIpc) is 3.40. The molecule has 29 heavy (non-hydrogen) atoms. The molecule has 0 N–H and O–H groups in total. The zero-order chi connectivity index (χ0) is 19.6. The summed E-state index contributed by atoms with van der Waals surface area (Å²) < 4.78 is 17.4. The third kappa shape index (κ3) is 2.15. The third-order valence-corrected chi connectivity index (χ3v) is 7.35. The molecule has 2 aromatic rings. The molecule has 150 valence electrons. The molecule has 1 spiro atoms. The molecule has 6 nitrogen and oxygen atoms in total. The first kappa shape index (κ1) is 17.3. The van der Waals surface area contributed by atoms with E-state index < -0.39 is 5.41 Å². The van der Waals surface area contributed by atoms with E-state index in [1.165, 1.54) is 12.8 Å². The van der Waals surface area contributed by atoms with E-state index in [0.717, 1.165) is 30.8 Å². The first-order valence-electron chi connectivity index (χ1n) is 10.5. The quantitative estimate of drug-likeness (QED) is 0.772. The molecule has 2 unspecified atom stereocenters. The van der Waals surface area contributed by atoms with Gasteiger partial charge in [-0.25, -0.2) is 0 Å². The zero-order valence-electron chi connectivity index (χ0n) is 16.5. The fourth-order valence-electron chi connectivity index (χ4n) is 5.96. The lowest BCUT2D eigenvalue weighted by atomic mass is 9.40. The topological polar surface area (TPSA) is 64.8 Å². The van der Waals surface area contributed by atoms with Gasteiger partial charge in [-0.05, 0) is 49.1 Å². The van der Waals surface area contributed by atoms with Gasteiger partial charge in [0.05, 0.1) is 13.2 Å². The predicted molar refractivity (Wildman–Crippen MR) is 104 cm³/mol. The lowest BCUT2D eigenvalue weighted by Gasteiger charge is -2.64. The van der Waals surface area contributed by atoms with Crippen molar-refractivity contribution in [2.24, 2.45) is 17.3 Å². The van der Waals surface area contributed by atoms with Crippen molar-refractivity contribution in [3.8, 4) is 5.88 Å². The Morgan fingerprint density at radius 1 is 1.24 bits per heavy atom. The summed E-state index contributed by atoms with van der Waals surface area (Å²) in [5, 5.41) is 4.21. The molecule has 1 aromatic heterocycles. The normalized spacial score (nSPS) is 32.4. The standard InChI is InChI=1S/C23H24N2O4/c1-27-17-12-15-11-16-19(25-9-5-6-10-25)20-18(21(26)23(15,16)17)22(24-29-20)28-13-14-7-3-2-4-8-14/h2-4,7-8,12,15-16,19H,5-6,9-11,13H2,1H3/t15-,16?,19+,23?/m1/s1. The maximum atomic E-state index is 13.8. The van der Waals surface area contributed by atoms with Crippen LogP contribution in [-0.2, 0) is 11.3 Å². The second-order valence-corrected chi connectivity index (χ2v) is 8.57. The highest BCUT2D eigenvalue weighted by Crippen LogP contribution is 2.72. The number of aromatic nitrogens is 1. The summed E-state index contributed by atoms with van der Waals surface area (Å²) in [6.45, 7) is 2.42. The molecule has 0 amide bonds. The number of ketones is 1. The highest BCUT2D eigenvalue weighted by Gasteiger charge is 2.73. The van der Waals surface area contributed by atoms with Gasteiger partial charge in [-0.2, -0.15) is 0 Å². The van der Waals surface area contributed by atoms with Crippen molar-refractivity contribution < 1.29 is 18.8 Å². The van der Waals surface area contributed by atoms with E-state index in [2.05, 4.69) is 16.1 Å². The largest absolute Gasteiger partial charge is 0.500 e. The molecular formula is C23H24N2O4. The summed E-state index contributed by atoms with van der Waals surface area (Å²) in [7, 11) is 1.67. The Morgan fingerprint density at radius 3 is 2.76 bits per heavy atom. The van der Waals surface area contributed by atoms with Gasteiger partial charge in [0.15, 0.2) is 11.5 Å². The van der Waals surface area contributed by atoms with Crippen LogP contribution < -0.4 is 4.74 Å². The SMILES string of the molecule is COC1=C[C@H]2CC3[C@H](N4CCCC4)c4onc(OCc5ccccc5)c4C(=O)C132. The van der Waals surface area contributed by atoms with Crippen LogP contribution in [0.2, 0.25) is 0 Å². The van der Waals surface area contributed by atoms with Gasteiger partial charge in [0.25, 0.3) is 5.88 Å². The molecule has 1 aliphatic heterocycles. The first-order valence-corrected chi connectivity index (χ1v) is 10.5. The van der Waals surface area contributed by atoms with E-state index in [1.807, 2.05) is 30.3 Å². The molecule has 6 heteroatoms. The monoisotopic (exact) mass is 392 g/mol. The summed E-state index contributed by atoms with van der Waals surface area (Å²) in [6.07, 6.45) is 5.47. The molecule has 1 aromatic carbocycles. The second kappa shape index (κ2) is 6.20. The number of Topliss-reactive ketones (excluding diaryl/α,β-unsaturated/α-hetero) is 1. The Bertz CT molecular complexity index is 992. The summed E-state index contributed by atoms with van der Waals surface area (Å²) in [5.74, 6) is 2.34. The van der Waals surface area contributed by atoms with E-state index in [0.29, 0.717) is 23.8 Å². The van der Waals surface area contributed by atoms with Gasteiger partial charge in [0.1, 0.15) is 23.3 Å². The average molecular weight is 392 g/mol. The number of carbonyl (C=O) groups is 1. The Morgan fingerprint density at radius 2 is 2.03 bits per heavy atom. The van der Waals surface area contributed by atoms with Crippen LogP contribution in [-0.4, -0.2) is 36.0 Å². The van der Waals surface area contributed by atoms with Crippen molar-refractivity contribution in [3.63, 3.8) is 0 Å². The Kier molecular flexibility index (Phi) is 3.69. The van der Waals surface area contributed by atoms with Crippen molar-refractivity contribution in [1.82, 2.24) is 10.1 Å². The highest BCUT2D eigenvalue weighted by molar-refractivity contribution is 6.08. The molecule has 4 aliphatic rings. The molecule has 2 fully saturated rings.